The van der Waals surface area contributed by atoms with Crippen molar-refractivity contribution in [3.05, 3.63) is 24.0 Å². The minimum Gasteiger partial charge on any atom is -0.385 e. The van der Waals surface area contributed by atoms with Gasteiger partial charge in [0.25, 0.3) is 0 Å². The number of rotatable bonds is 6. The van der Waals surface area contributed by atoms with Gasteiger partial charge in [0.05, 0.1) is 5.69 Å². The molecule has 1 saturated heterocycles. The Morgan fingerprint density at radius 3 is 2.85 bits per heavy atom. The number of hydrogen-bond donors (Lipinski definition) is 1. The van der Waals surface area contributed by atoms with E-state index in [1.165, 1.54) is 5.69 Å². The molecule has 1 N–H and O–H groups in total. The summed E-state index contributed by atoms with van der Waals surface area (Å²) in [7, 11) is 4.36. The Morgan fingerprint density at radius 2 is 2.20 bits per heavy atom. The van der Waals surface area contributed by atoms with Gasteiger partial charge in [0.1, 0.15) is 0 Å². The van der Waals surface area contributed by atoms with Crippen LogP contribution in [0.15, 0.2) is 18.3 Å². The minimum absolute atomic E-state index is 0.663. The lowest BCUT2D eigenvalue weighted by Crippen LogP contribution is -2.34. The maximum absolute atomic E-state index is 4.51. The molecule has 0 radical (unpaired) electrons. The molecule has 1 aliphatic heterocycles. The van der Waals surface area contributed by atoms with Crippen molar-refractivity contribution in [1.82, 2.24) is 14.8 Å². The molecule has 1 aromatic heterocycles. The number of nitrogens with zero attached hydrogens (tertiary/aromatic N) is 3. The summed E-state index contributed by atoms with van der Waals surface area (Å²) in [6, 6.07) is 4.90. The van der Waals surface area contributed by atoms with Gasteiger partial charge in [-0.1, -0.05) is 13.8 Å². The van der Waals surface area contributed by atoms with Crippen molar-refractivity contribution in [3.8, 4) is 0 Å². The molecule has 0 saturated carbocycles. The monoisotopic (exact) mass is 276 g/mol. The quantitative estimate of drug-likeness (QED) is 0.864. The van der Waals surface area contributed by atoms with E-state index in [9.17, 15) is 0 Å². The van der Waals surface area contributed by atoms with Crippen LogP contribution in [0.3, 0.4) is 0 Å². The van der Waals surface area contributed by atoms with E-state index in [0.717, 1.165) is 44.2 Å². The summed E-state index contributed by atoms with van der Waals surface area (Å²) in [6.45, 7) is 8.81. The Kier molecular flexibility index (Phi) is 5.38. The molecular formula is C16H28N4. The third-order valence-electron chi connectivity index (χ3n) is 4.09. The molecule has 4 heteroatoms. The topological polar surface area (TPSA) is 31.4 Å². The Labute approximate surface area is 123 Å². The lowest BCUT2D eigenvalue weighted by atomic mass is 10.1. The second-order valence-corrected chi connectivity index (χ2v) is 6.16. The van der Waals surface area contributed by atoms with Crippen molar-refractivity contribution in [2.45, 2.75) is 32.9 Å². The average Bonchev–Trinajstić information content (AvgIpc) is 2.78. The standard InChI is InChI=1S/C16H28N4/c1-5-7-17-14-6-8-18-15(9-14)11-20-10-13(2)16(12-20)19(3)4/h6,8-9,13,16H,5,7,10-12H2,1-4H3,(H,17,18). The van der Waals surface area contributed by atoms with Crippen molar-refractivity contribution >= 4 is 5.69 Å². The van der Waals surface area contributed by atoms with E-state index in [1.807, 2.05) is 12.3 Å². The third-order valence-corrected chi connectivity index (χ3v) is 4.09. The predicted molar refractivity (Wildman–Crippen MR) is 84.9 cm³/mol. The first-order chi connectivity index (χ1) is 9.60. The van der Waals surface area contributed by atoms with E-state index >= 15 is 0 Å². The first kappa shape index (κ1) is 15.3. The van der Waals surface area contributed by atoms with Gasteiger partial charge in [0.15, 0.2) is 0 Å². The number of likely N-dealkylation sites (N-methyl/N-ethyl adjacent to an activating group) is 1. The smallest absolute Gasteiger partial charge is 0.0564 e. The van der Waals surface area contributed by atoms with Gasteiger partial charge < -0.3 is 10.2 Å². The molecule has 2 heterocycles. The molecule has 1 aliphatic rings. The van der Waals surface area contributed by atoms with Crippen LogP contribution in [0.4, 0.5) is 5.69 Å². The first-order valence-corrected chi connectivity index (χ1v) is 7.67. The Bertz CT molecular complexity index is 419. The van der Waals surface area contributed by atoms with Crippen LogP contribution in [0.1, 0.15) is 26.0 Å². The van der Waals surface area contributed by atoms with E-state index < -0.39 is 0 Å². The number of likely N-dealkylation sites (tertiary alicyclic amines) is 1. The van der Waals surface area contributed by atoms with Crippen LogP contribution >= 0.6 is 0 Å². The van der Waals surface area contributed by atoms with Crippen LogP contribution in [-0.4, -0.2) is 54.6 Å². The molecular weight excluding hydrogens is 248 g/mol. The molecule has 112 valence electrons. The number of aromatic nitrogens is 1. The highest BCUT2D eigenvalue weighted by atomic mass is 15.2. The van der Waals surface area contributed by atoms with Crippen LogP contribution in [0, 0.1) is 5.92 Å². The minimum atomic E-state index is 0.663. The molecule has 2 unspecified atom stereocenters. The molecule has 0 aromatic carbocycles. The van der Waals surface area contributed by atoms with Crippen LogP contribution in [-0.2, 0) is 6.54 Å². The van der Waals surface area contributed by atoms with Gasteiger partial charge in [-0.15, -0.1) is 0 Å². The lowest BCUT2D eigenvalue weighted by Gasteiger charge is -2.22. The molecule has 0 bridgehead atoms. The molecule has 0 spiro atoms. The van der Waals surface area contributed by atoms with Crippen LogP contribution in [0.5, 0.6) is 0 Å². The summed E-state index contributed by atoms with van der Waals surface area (Å²) in [4.78, 5) is 9.37. The summed E-state index contributed by atoms with van der Waals surface area (Å²) in [5, 5.41) is 3.43. The molecule has 20 heavy (non-hydrogen) atoms. The zero-order chi connectivity index (χ0) is 14.5. The highest BCUT2D eigenvalue weighted by Gasteiger charge is 2.30. The molecule has 2 rings (SSSR count). The molecule has 1 fully saturated rings. The maximum atomic E-state index is 4.51. The first-order valence-electron chi connectivity index (χ1n) is 7.67. The Morgan fingerprint density at radius 1 is 1.40 bits per heavy atom. The van der Waals surface area contributed by atoms with Crippen molar-refractivity contribution in [3.63, 3.8) is 0 Å². The highest BCUT2D eigenvalue weighted by molar-refractivity contribution is 5.43. The SMILES string of the molecule is CCCNc1ccnc(CN2CC(C)C(N(C)C)C2)c1. The predicted octanol–water partition coefficient (Wildman–Crippen LogP) is 2.29. The van der Waals surface area contributed by atoms with Gasteiger partial charge >= 0.3 is 0 Å². The molecule has 0 amide bonds. The Balaban J connectivity index is 1.93. The molecule has 1 aromatic rings. The average molecular weight is 276 g/mol. The van der Waals surface area contributed by atoms with Gasteiger partial charge in [-0.05, 0) is 38.6 Å². The maximum Gasteiger partial charge on any atom is 0.0564 e. The number of nitrogens with one attached hydrogen (secondary N) is 1. The molecule has 0 aliphatic carbocycles. The summed E-state index contributed by atoms with van der Waals surface area (Å²) in [6.07, 6.45) is 3.06. The normalized spacial score (nSPS) is 23.4. The summed E-state index contributed by atoms with van der Waals surface area (Å²) in [5.41, 5.74) is 2.35. The van der Waals surface area contributed by atoms with Crippen molar-refractivity contribution in [1.29, 1.82) is 0 Å². The summed E-state index contributed by atoms with van der Waals surface area (Å²) < 4.78 is 0. The number of hydrogen-bond acceptors (Lipinski definition) is 4. The lowest BCUT2D eigenvalue weighted by molar-refractivity contribution is 0.249. The fourth-order valence-corrected chi connectivity index (χ4v) is 3.02. The van der Waals surface area contributed by atoms with Crippen LogP contribution < -0.4 is 5.32 Å². The number of pyridine rings is 1. The van der Waals surface area contributed by atoms with Gasteiger partial charge in [-0.3, -0.25) is 9.88 Å². The fourth-order valence-electron chi connectivity index (χ4n) is 3.02. The number of anilines is 1. The van der Waals surface area contributed by atoms with Crippen molar-refractivity contribution < 1.29 is 0 Å². The zero-order valence-corrected chi connectivity index (χ0v) is 13.3. The van der Waals surface area contributed by atoms with Crippen LogP contribution in [0.25, 0.3) is 0 Å². The highest BCUT2D eigenvalue weighted by Crippen LogP contribution is 2.22. The van der Waals surface area contributed by atoms with Gasteiger partial charge in [0.2, 0.25) is 0 Å². The molecule has 2 atom stereocenters. The second kappa shape index (κ2) is 7.04. The van der Waals surface area contributed by atoms with Crippen molar-refractivity contribution in [2.75, 3.05) is 39.0 Å². The largest absolute Gasteiger partial charge is 0.385 e. The van der Waals surface area contributed by atoms with Gasteiger partial charge in [-0.2, -0.15) is 0 Å². The molecule has 4 nitrogen and oxygen atoms in total. The fraction of sp³-hybridized carbons (Fsp3) is 0.688. The zero-order valence-electron chi connectivity index (χ0n) is 13.3. The second-order valence-electron chi connectivity index (χ2n) is 6.16. The van der Waals surface area contributed by atoms with E-state index in [1.54, 1.807) is 0 Å². The van der Waals surface area contributed by atoms with Gasteiger partial charge in [0, 0.05) is 44.1 Å². The van der Waals surface area contributed by atoms with Crippen LogP contribution in [0.2, 0.25) is 0 Å². The van der Waals surface area contributed by atoms with E-state index in [0.29, 0.717) is 6.04 Å². The van der Waals surface area contributed by atoms with E-state index in [2.05, 4.69) is 54.1 Å². The van der Waals surface area contributed by atoms with Crippen molar-refractivity contribution in [2.24, 2.45) is 5.92 Å². The van der Waals surface area contributed by atoms with Gasteiger partial charge in [-0.25, -0.2) is 0 Å². The summed E-state index contributed by atoms with van der Waals surface area (Å²) in [5.74, 6) is 0.728. The Hall–Kier alpha value is -1.13. The van der Waals surface area contributed by atoms with E-state index in [-0.39, 0.29) is 0 Å². The summed E-state index contributed by atoms with van der Waals surface area (Å²) >= 11 is 0. The van der Waals surface area contributed by atoms with E-state index in [4.69, 9.17) is 0 Å². The third kappa shape index (κ3) is 3.93.